The SMILES string of the molecule is NS(=O)(=O)c1cc(NC(=O)Cc2ccccc2Cl)ccc1OCC1CCCC1. The van der Waals surface area contributed by atoms with Gasteiger partial charge in [0.2, 0.25) is 15.9 Å². The van der Waals surface area contributed by atoms with Crippen LogP contribution in [-0.2, 0) is 21.2 Å². The van der Waals surface area contributed by atoms with Crippen molar-refractivity contribution in [3.63, 3.8) is 0 Å². The molecule has 0 radical (unpaired) electrons. The maximum atomic E-state index is 12.3. The van der Waals surface area contributed by atoms with Crippen LogP contribution in [0.5, 0.6) is 5.75 Å². The molecule has 0 bridgehead atoms. The number of carbonyl (C=O) groups is 1. The second-order valence-corrected chi connectivity index (χ2v) is 8.92. The van der Waals surface area contributed by atoms with Crippen molar-refractivity contribution >= 4 is 33.2 Å². The van der Waals surface area contributed by atoms with E-state index in [1.54, 1.807) is 30.3 Å². The molecule has 0 aliphatic heterocycles. The molecule has 0 saturated heterocycles. The molecule has 3 rings (SSSR count). The number of hydrogen-bond donors (Lipinski definition) is 2. The minimum absolute atomic E-state index is 0.0737. The first kappa shape index (κ1) is 20.6. The molecule has 1 fully saturated rings. The average molecular weight is 423 g/mol. The van der Waals surface area contributed by atoms with Gasteiger partial charge < -0.3 is 10.1 Å². The van der Waals surface area contributed by atoms with E-state index in [0.717, 1.165) is 12.8 Å². The van der Waals surface area contributed by atoms with Crippen molar-refractivity contribution in [2.75, 3.05) is 11.9 Å². The summed E-state index contributed by atoms with van der Waals surface area (Å²) in [6.07, 6.45) is 4.59. The smallest absolute Gasteiger partial charge is 0.241 e. The van der Waals surface area contributed by atoms with Crippen LogP contribution in [0, 0.1) is 5.92 Å². The molecule has 8 heteroatoms. The van der Waals surface area contributed by atoms with Gasteiger partial charge in [0, 0.05) is 10.7 Å². The molecule has 3 N–H and O–H groups in total. The van der Waals surface area contributed by atoms with Gasteiger partial charge in [-0.2, -0.15) is 0 Å². The van der Waals surface area contributed by atoms with Gasteiger partial charge in [-0.15, -0.1) is 0 Å². The van der Waals surface area contributed by atoms with Gasteiger partial charge in [0.1, 0.15) is 10.6 Å². The molecule has 2 aromatic rings. The number of anilines is 1. The molecule has 0 aromatic heterocycles. The van der Waals surface area contributed by atoms with E-state index in [1.165, 1.54) is 25.0 Å². The highest BCUT2D eigenvalue weighted by Crippen LogP contribution is 2.30. The van der Waals surface area contributed by atoms with Crippen LogP contribution >= 0.6 is 11.6 Å². The Kier molecular flexibility index (Phi) is 6.59. The standard InChI is InChI=1S/C20H23ClN2O4S/c21-17-8-4-3-7-15(17)11-20(24)23-16-9-10-18(19(12-16)28(22,25)26)27-13-14-5-1-2-6-14/h3-4,7-10,12,14H,1-2,5-6,11,13H2,(H,23,24)(H2,22,25,26). The monoisotopic (exact) mass is 422 g/mol. The first-order valence-electron chi connectivity index (χ1n) is 9.16. The molecule has 0 atom stereocenters. The largest absolute Gasteiger partial charge is 0.492 e. The van der Waals surface area contributed by atoms with Gasteiger partial charge in [-0.1, -0.05) is 42.6 Å². The normalized spacial score (nSPS) is 14.8. The highest BCUT2D eigenvalue weighted by Gasteiger charge is 2.20. The second-order valence-electron chi connectivity index (χ2n) is 6.98. The quantitative estimate of drug-likeness (QED) is 0.710. The molecule has 0 heterocycles. The zero-order valence-corrected chi connectivity index (χ0v) is 16.9. The van der Waals surface area contributed by atoms with Crippen molar-refractivity contribution in [3.8, 4) is 5.75 Å². The topological polar surface area (TPSA) is 98.5 Å². The Balaban J connectivity index is 1.72. The number of benzene rings is 2. The lowest BCUT2D eigenvalue weighted by Crippen LogP contribution is -2.18. The number of hydrogen-bond acceptors (Lipinski definition) is 4. The highest BCUT2D eigenvalue weighted by molar-refractivity contribution is 7.89. The van der Waals surface area contributed by atoms with Gasteiger partial charge >= 0.3 is 0 Å². The van der Waals surface area contributed by atoms with Crippen molar-refractivity contribution < 1.29 is 17.9 Å². The second kappa shape index (κ2) is 8.94. The van der Waals surface area contributed by atoms with Crippen LogP contribution < -0.4 is 15.2 Å². The Hall–Kier alpha value is -2.09. The molecule has 2 aromatic carbocycles. The summed E-state index contributed by atoms with van der Waals surface area (Å²) in [5, 5.41) is 8.53. The summed E-state index contributed by atoms with van der Waals surface area (Å²) in [7, 11) is -4.00. The van der Waals surface area contributed by atoms with E-state index in [4.69, 9.17) is 21.5 Å². The molecule has 28 heavy (non-hydrogen) atoms. The van der Waals surface area contributed by atoms with Crippen molar-refractivity contribution in [2.45, 2.75) is 37.0 Å². The number of nitrogens with one attached hydrogen (secondary N) is 1. The number of ether oxygens (including phenoxy) is 1. The van der Waals surface area contributed by atoms with Gasteiger partial charge in [-0.05, 0) is 48.6 Å². The highest BCUT2D eigenvalue weighted by atomic mass is 35.5. The zero-order valence-electron chi connectivity index (χ0n) is 15.4. The molecule has 1 aliphatic carbocycles. The van der Waals surface area contributed by atoms with Gasteiger partial charge in [0.05, 0.1) is 13.0 Å². The lowest BCUT2D eigenvalue weighted by molar-refractivity contribution is -0.115. The van der Waals surface area contributed by atoms with Crippen molar-refractivity contribution in [3.05, 3.63) is 53.1 Å². The minimum atomic E-state index is -4.00. The molecule has 1 amide bonds. The first-order chi connectivity index (χ1) is 13.3. The Labute approximate surface area is 170 Å². The molecule has 1 saturated carbocycles. The fraction of sp³-hybridized carbons (Fsp3) is 0.350. The maximum Gasteiger partial charge on any atom is 0.241 e. The lowest BCUT2D eigenvalue weighted by atomic mass is 10.1. The summed E-state index contributed by atoms with van der Waals surface area (Å²) < 4.78 is 29.7. The van der Waals surface area contributed by atoms with Crippen LogP contribution in [0.15, 0.2) is 47.4 Å². The van der Waals surface area contributed by atoms with Crippen LogP contribution in [0.25, 0.3) is 0 Å². The Morgan fingerprint density at radius 3 is 2.57 bits per heavy atom. The van der Waals surface area contributed by atoms with Crippen LogP contribution in [0.2, 0.25) is 5.02 Å². The summed E-state index contributed by atoms with van der Waals surface area (Å²) in [6, 6.07) is 11.5. The molecular weight excluding hydrogens is 400 g/mol. The van der Waals surface area contributed by atoms with Gasteiger partial charge in [-0.25, -0.2) is 13.6 Å². The van der Waals surface area contributed by atoms with E-state index in [9.17, 15) is 13.2 Å². The van der Waals surface area contributed by atoms with Crippen LogP contribution in [-0.4, -0.2) is 20.9 Å². The number of primary sulfonamides is 1. The number of amides is 1. The summed E-state index contributed by atoms with van der Waals surface area (Å²) in [6.45, 7) is 0.459. The predicted molar refractivity (Wildman–Crippen MR) is 109 cm³/mol. The lowest BCUT2D eigenvalue weighted by Gasteiger charge is -2.15. The summed E-state index contributed by atoms with van der Waals surface area (Å²) >= 11 is 6.07. The van der Waals surface area contributed by atoms with Crippen molar-refractivity contribution in [1.82, 2.24) is 0 Å². The summed E-state index contributed by atoms with van der Waals surface area (Å²) in [4.78, 5) is 12.2. The van der Waals surface area contributed by atoms with E-state index >= 15 is 0 Å². The molecular formula is C20H23ClN2O4S. The number of carbonyl (C=O) groups excluding carboxylic acids is 1. The van der Waals surface area contributed by atoms with E-state index in [1.807, 2.05) is 0 Å². The fourth-order valence-electron chi connectivity index (χ4n) is 3.33. The van der Waals surface area contributed by atoms with Crippen LogP contribution in [0.4, 0.5) is 5.69 Å². The van der Waals surface area contributed by atoms with Gasteiger partial charge in [0.25, 0.3) is 0 Å². The van der Waals surface area contributed by atoms with Crippen LogP contribution in [0.1, 0.15) is 31.2 Å². The molecule has 6 nitrogen and oxygen atoms in total. The maximum absolute atomic E-state index is 12.3. The minimum Gasteiger partial charge on any atom is -0.492 e. The third-order valence-electron chi connectivity index (χ3n) is 4.79. The average Bonchev–Trinajstić information content (AvgIpc) is 3.15. The third kappa shape index (κ3) is 5.47. The van der Waals surface area contributed by atoms with E-state index in [-0.39, 0.29) is 23.0 Å². The predicted octanol–water partition coefficient (Wildman–Crippen LogP) is 3.74. The van der Waals surface area contributed by atoms with Crippen molar-refractivity contribution in [2.24, 2.45) is 11.1 Å². The number of nitrogens with two attached hydrogens (primary N) is 1. The van der Waals surface area contributed by atoms with Crippen LogP contribution in [0.3, 0.4) is 0 Å². The Morgan fingerprint density at radius 1 is 1.18 bits per heavy atom. The zero-order chi connectivity index (χ0) is 20.1. The van der Waals surface area contributed by atoms with Crippen molar-refractivity contribution in [1.29, 1.82) is 0 Å². The van der Waals surface area contributed by atoms with E-state index < -0.39 is 10.0 Å². The van der Waals surface area contributed by atoms with Gasteiger partial charge in [-0.3, -0.25) is 4.79 Å². The van der Waals surface area contributed by atoms with E-state index in [0.29, 0.717) is 28.8 Å². The molecule has 0 unspecified atom stereocenters. The Morgan fingerprint density at radius 2 is 1.89 bits per heavy atom. The summed E-state index contributed by atoms with van der Waals surface area (Å²) in [5.41, 5.74) is 1.01. The molecule has 1 aliphatic rings. The molecule has 0 spiro atoms. The number of halogens is 1. The first-order valence-corrected chi connectivity index (χ1v) is 11.1. The summed E-state index contributed by atoms with van der Waals surface area (Å²) in [5.74, 6) is 0.329. The van der Waals surface area contributed by atoms with E-state index in [2.05, 4.69) is 5.32 Å². The third-order valence-corrected chi connectivity index (χ3v) is 6.09. The molecule has 150 valence electrons. The fourth-order valence-corrected chi connectivity index (χ4v) is 4.23. The Bertz CT molecular complexity index is 956. The van der Waals surface area contributed by atoms with Gasteiger partial charge in [0.15, 0.2) is 0 Å². The number of sulfonamides is 1. The number of rotatable bonds is 7.